The summed E-state index contributed by atoms with van der Waals surface area (Å²) in [5.41, 5.74) is 6.39. The van der Waals surface area contributed by atoms with Crippen molar-refractivity contribution in [1.29, 1.82) is 0 Å². The average molecular weight is 246 g/mol. The molecule has 0 aromatic carbocycles. The summed E-state index contributed by atoms with van der Waals surface area (Å²) >= 11 is 3.15. The molecule has 1 aromatic rings. The summed E-state index contributed by atoms with van der Waals surface area (Å²) in [5, 5.41) is 11.7. The molecule has 0 bridgehead atoms. The molecule has 1 rings (SSSR count). The van der Waals surface area contributed by atoms with Crippen molar-refractivity contribution in [1.82, 2.24) is 4.98 Å². The lowest BCUT2D eigenvalue weighted by atomic mass is 10.4. The number of rotatable bonds is 6. The lowest BCUT2D eigenvalue weighted by Gasteiger charge is -2.03. The molecule has 1 heterocycles. The highest BCUT2D eigenvalue weighted by Gasteiger charge is 2.11. The number of hydrogen-bond donors (Lipinski definition) is 2. The largest absolute Gasteiger partial charge is 0.480 e. The zero-order valence-corrected chi connectivity index (χ0v) is 10.1. The van der Waals surface area contributed by atoms with E-state index in [-0.39, 0.29) is 0 Å². The summed E-state index contributed by atoms with van der Waals surface area (Å²) in [6.07, 6.45) is 0.948. The molecule has 15 heavy (non-hydrogen) atoms. The first-order chi connectivity index (χ1) is 7.13. The molecular formula is C9H14N2O2S2. The van der Waals surface area contributed by atoms with Crippen molar-refractivity contribution in [2.75, 3.05) is 5.75 Å². The zero-order valence-electron chi connectivity index (χ0n) is 8.47. The smallest absolute Gasteiger partial charge is 0.321 e. The van der Waals surface area contributed by atoms with Gasteiger partial charge in [-0.2, -0.15) is 11.8 Å². The number of aryl methyl sites for hydroxylation is 1. The van der Waals surface area contributed by atoms with Crippen LogP contribution in [0.25, 0.3) is 0 Å². The molecule has 0 amide bonds. The summed E-state index contributed by atoms with van der Waals surface area (Å²) in [5.74, 6) is 0.209. The highest BCUT2D eigenvalue weighted by molar-refractivity contribution is 7.98. The van der Waals surface area contributed by atoms with E-state index in [4.69, 9.17) is 10.8 Å². The van der Waals surface area contributed by atoms with Crippen molar-refractivity contribution < 1.29 is 9.90 Å². The first-order valence-corrected chi connectivity index (χ1v) is 6.66. The SMILES string of the molecule is CCc1nc(CSC[C@@H](N)C(=O)O)cs1. The molecule has 0 radical (unpaired) electrons. The minimum atomic E-state index is -0.949. The van der Waals surface area contributed by atoms with Crippen LogP contribution in [-0.4, -0.2) is 27.9 Å². The number of carboxylic acid groups (broad SMARTS) is 1. The molecule has 3 N–H and O–H groups in total. The van der Waals surface area contributed by atoms with Gasteiger partial charge in [-0.05, 0) is 6.42 Å². The third-order valence-corrected chi connectivity index (χ3v) is 3.90. The van der Waals surface area contributed by atoms with E-state index in [9.17, 15) is 4.79 Å². The number of nitrogens with zero attached hydrogens (tertiary/aromatic N) is 1. The number of thiazole rings is 1. The van der Waals surface area contributed by atoms with Gasteiger partial charge in [0.25, 0.3) is 0 Å². The minimum Gasteiger partial charge on any atom is -0.480 e. The van der Waals surface area contributed by atoms with Crippen LogP contribution in [-0.2, 0) is 17.0 Å². The van der Waals surface area contributed by atoms with Gasteiger partial charge >= 0.3 is 5.97 Å². The topological polar surface area (TPSA) is 76.2 Å². The molecule has 1 atom stereocenters. The van der Waals surface area contributed by atoms with Gasteiger partial charge in [0, 0.05) is 16.9 Å². The highest BCUT2D eigenvalue weighted by atomic mass is 32.2. The first-order valence-electron chi connectivity index (χ1n) is 4.63. The molecule has 0 aliphatic carbocycles. The van der Waals surface area contributed by atoms with E-state index in [1.165, 1.54) is 11.8 Å². The van der Waals surface area contributed by atoms with E-state index in [0.29, 0.717) is 5.75 Å². The Morgan fingerprint density at radius 3 is 3.07 bits per heavy atom. The molecule has 0 aliphatic rings. The third kappa shape index (κ3) is 4.19. The quantitative estimate of drug-likeness (QED) is 0.792. The number of nitrogens with two attached hydrogens (primary N) is 1. The Kier molecular flexibility index (Phi) is 5.07. The van der Waals surface area contributed by atoms with Crippen molar-refractivity contribution in [2.45, 2.75) is 25.1 Å². The van der Waals surface area contributed by atoms with Crippen LogP contribution in [0.3, 0.4) is 0 Å². The second-order valence-electron chi connectivity index (χ2n) is 3.05. The Labute approximate surface area is 96.9 Å². The van der Waals surface area contributed by atoms with Crippen LogP contribution in [0.5, 0.6) is 0 Å². The van der Waals surface area contributed by atoms with Crippen LogP contribution < -0.4 is 5.73 Å². The monoisotopic (exact) mass is 246 g/mol. The van der Waals surface area contributed by atoms with Crippen LogP contribution in [0.4, 0.5) is 0 Å². The van der Waals surface area contributed by atoms with Gasteiger partial charge in [-0.3, -0.25) is 4.79 Å². The number of thioether (sulfide) groups is 1. The Bertz CT molecular complexity index is 328. The van der Waals surface area contributed by atoms with E-state index in [1.54, 1.807) is 11.3 Å². The normalized spacial score (nSPS) is 12.7. The van der Waals surface area contributed by atoms with Gasteiger partial charge in [0.1, 0.15) is 6.04 Å². The maximum Gasteiger partial charge on any atom is 0.321 e. The van der Waals surface area contributed by atoms with Gasteiger partial charge < -0.3 is 10.8 Å². The molecule has 4 nitrogen and oxygen atoms in total. The summed E-state index contributed by atoms with van der Waals surface area (Å²) in [6.45, 7) is 2.07. The number of carboxylic acids is 1. The van der Waals surface area contributed by atoms with E-state index in [2.05, 4.69) is 11.9 Å². The molecule has 0 saturated carbocycles. The average Bonchev–Trinajstić information content (AvgIpc) is 2.65. The Morgan fingerprint density at radius 1 is 1.80 bits per heavy atom. The summed E-state index contributed by atoms with van der Waals surface area (Å²) in [4.78, 5) is 14.8. The highest BCUT2D eigenvalue weighted by Crippen LogP contribution is 2.16. The first kappa shape index (κ1) is 12.5. The van der Waals surface area contributed by atoms with Crippen molar-refractivity contribution in [3.8, 4) is 0 Å². The van der Waals surface area contributed by atoms with Crippen LogP contribution in [0.1, 0.15) is 17.6 Å². The van der Waals surface area contributed by atoms with Gasteiger partial charge in [-0.15, -0.1) is 11.3 Å². The molecule has 0 aliphatic heterocycles. The van der Waals surface area contributed by atoms with Crippen LogP contribution >= 0.6 is 23.1 Å². The van der Waals surface area contributed by atoms with E-state index in [0.717, 1.165) is 22.9 Å². The van der Waals surface area contributed by atoms with E-state index < -0.39 is 12.0 Å². The summed E-state index contributed by atoms with van der Waals surface area (Å²) in [7, 11) is 0. The number of carbonyl (C=O) groups is 1. The van der Waals surface area contributed by atoms with Crippen LogP contribution in [0.2, 0.25) is 0 Å². The molecule has 0 saturated heterocycles. The predicted octanol–water partition coefficient (Wildman–Crippen LogP) is 1.35. The fourth-order valence-corrected chi connectivity index (χ4v) is 2.66. The number of hydrogen-bond acceptors (Lipinski definition) is 5. The second kappa shape index (κ2) is 6.09. The Hall–Kier alpha value is -0.590. The fourth-order valence-electron chi connectivity index (χ4n) is 0.939. The van der Waals surface area contributed by atoms with Gasteiger partial charge in [0.05, 0.1) is 10.7 Å². The fraction of sp³-hybridized carbons (Fsp3) is 0.556. The van der Waals surface area contributed by atoms with Crippen molar-refractivity contribution in [2.24, 2.45) is 5.73 Å². The molecule has 84 valence electrons. The van der Waals surface area contributed by atoms with Gasteiger partial charge in [0.2, 0.25) is 0 Å². The van der Waals surface area contributed by atoms with Gasteiger partial charge in [0.15, 0.2) is 0 Å². The van der Waals surface area contributed by atoms with Crippen molar-refractivity contribution >= 4 is 29.1 Å². The summed E-state index contributed by atoms with van der Waals surface area (Å²) in [6, 6.07) is -0.778. The molecule has 0 fully saturated rings. The molecule has 6 heteroatoms. The van der Waals surface area contributed by atoms with Crippen molar-refractivity contribution in [3.05, 3.63) is 16.1 Å². The van der Waals surface area contributed by atoms with Gasteiger partial charge in [-0.1, -0.05) is 6.92 Å². The standard InChI is InChI=1S/C9H14N2O2S2/c1-2-8-11-6(4-15-8)3-14-5-7(10)9(12)13/h4,7H,2-3,5,10H2,1H3,(H,12,13)/t7-/m1/s1. The Balaban J connectivity index is 2.28. The zero-order chi connectivity index (χ0) is 11.3. The molecule has 1 aromatic heterocycles. The van der Waals surface area contributed by atoms with Crippen LogP contribution in [0.15, 0.2) is 5.38 Å². The van der Waals surface area contributed by atoms with Gasteiger partial charge in [-0.25, -0.2) is 4.98 Å². The predicted molar refractivity (Wildman–Crippen MR) is 63.3 cm³/mol. The maximum absolute atomic E-state index is 10.4. The third-order valence-electron chi connectivity index (χ3n) is 1.77. The lowest BCUT2D eigenvalue weighted by Crippen LogP contribution is -2.32. The minimum absolute atomic E-state index is 0.425. The molecular weight excluding hydrogens is 232 g/mol. The van der Waals surface area contributed by atoms with E-state index in [1.807, 2.05) is 5.38 Å². The number of aliphatic carboxylic acids is 1. The second-order valence-corrected chi connectivity index (χ2v) is 5.02. The maximum atomic E-state index is 10.4. The lowest BCUT2D eigenvalue weighted by molar-refractivity contribution is -0.137. The molecule has 0 spiro atoms. The summed E-state index contributed by atoms with van der Waals surface area (Å²) < 4.78 is 0. The van der Waals surface area contributed by atoms with Crippen molar-refractivity contribution in [3.63, 3.8) is 0 Å². The van der Waals surface area contributed by atoms with Crippen LogP contribution in [0, 0.1) is 0 Å². The number of aromatic nitrogens is 1. The Morgan fingerprint density at radius 2 is 2.53 bits per heavy atom. The van der Waals surface area contributed by atoms with E-state index >= 15 is 0 Å². The molecule has 0 unspecified atom stereocenters.